The Bertz CT molecular complexity index is 807. The lowest BCUT2D eigenvalue weighted by molar-refractivity contribution is -0.134. The third kappa shape index (κ3) is 4.72. The van der Waals surface area contributed by atoms with Gasteiger partial charge in [0, 0.05) is 19.6 Å². The summed E-state index contributed by atoms with van der Waals surface area (Å²) in [5.74, 6) is -1.85. The molecule has 5 heteroatoms. The van der Waals surface area contributed by atoms with Crippen molar-refractivity contribution in [2.75, 3.05) is 27.2 Å². The molecule has 1 amide bonds. The number of nitrogens with zero attached hydrogens (tertiary/aromatic N) is 2. The second-order valence-electron chi connectivity index (χ2n) is 7.46. The minimum atomic E-state index is -0.879. The number of aryl methyl sites for hydroxylation is 1. The number of carbonyl (C=O) groups is 1. The van der Waals surface area contributed by atoms with Crippen LogP contribution in [0.5, 0.6) is 0 Å². The summed E-state index contributed by atoms with van der Waals surface area (Å²) in [6.45, 7) is 1.54. The molecule has 0 N–H and O–H groups in total. The Balaban J connectivity index is 1.84. The fourth-order valence-corrected chi connectivity index (χ4v) is 3.68. The number of amides is 1. The van der Waals surface area contributed by atoms with Crippen LogP contribution in [-0.4, -0.2) is 42.9 Å². The fraction of sp³-hybridized carbons (Fsp3) is 0.409. The minimum absolute atomic E-state index is 0.0636. The van der Waals surface area contributed by atoms with Gasteiger partial charge in [-0.05, 0) is 62.2 Å². The summed E-state index contributed by atoms with van der Waals surface area (Å²) >= 11 is 0. The first-order valence-electron chi connectivity index (χ1n) is 9.41. The number of likely N-dealkylation sites (N-methyl/N-ethyl adjacent to an activating group) is 1. The lowest BCUT2D eigenvalue weighted by atomic mass is 9.82. The van der Waals surface area contributed by atoms with Crippen molar-refractivity contribution in [3.63, 3.8) is 0 Å². The highest BCUT2D eigenvalue weighted by Gasteiger charge is 2.30. The van der Waals surface area contributed by atoms with Gasteiger partial charge in [0.1, 0.15) is 0 Å². The molecule has 144 valence electrons. The van der Waals surface area contributed by atoms with E-state index in [1.165, 1.54) is 11.6 Å². The van der Waals surface area contributed by atoms with Crippen LogP contribution in [0.3, 0.4) is 0 Å². The zero-order valence-corrected chi connectivity index (χ0v) is 15.9. The summed E-state index contributed by atoms with van der Waals surface area (Å²) in [7, 11) is 3.91. The highest BCUT2D eigenvalue weighted by molar-refractivity contribution is 5.84. The first kappa shape index (κ1) is 19.5. The summed E-state index contributed by atoms with van der Waals surface area (Å²) in [6.07, 6.45) is 2.81. The molecule has 0 bridgehead atoms. The van der Waals surface area contributed by atoms with Crippen molar-refractivity contribution >= 4 is 5.91 Å². The van der Waals surface area contributed by atoms with Crippen LogP contribution in [0.15, 0.2) is 42.5 Å². The molecule has 3 rings (SSSR count). The summed E-state index contributed by atoms with van der Waals surface area (Å²) in [4.78, 5) is 17.2. The molecule has 0 saturated heterocycles. The molecule has 0 spiro atoms. The molecular weight excluding hydrogens is 346 g/mol. The summed E-state index contributed by atoms with van der Waals surface area (Å²) in [5, 5.41) is 0. The molecule has 0 unspecified atom stereocenters. The van der Waals surface area contributed by atoms with Crippen LogP contribution in [0, 0.1) is 11.6 Å². The van der Waals surface area contributed by atoms with Crippen LogP contribution in [0.4, 0.5) is 8.78 Å². The molecule has 27 heavy (non-hydrogen) atoms. The van der Waals surface area contributed by atoms with E-state index in [9.17, 15) is 13.6 Å². The van der Waals surface area contributed by atoms with Gasteiger partial charge in [-0.1, -0.05) is 30.3 Å². The predicted molar refractivity (Wildman–Crippen MR) is 102 cm³/mol. The van der Waals surface area contributed by atoms with E-state index < -0.39 is 11.6 Å². The van der Waals surface area contributed by atoms with Crippen molar-refractivity contribution in [3.05, 3.63) is 70.8 Å². The maximum absolute atomic E-state index is 13.6. The van der Waals surface area contributed by atoms with Crippen molar-refractivity contribution in [2.24, 2.45) is 0 Å². The van der Waals surface area contributed by atoms with Crippen LogP contribution in [0.1, 0.15) is 35.4 Å². The van der Waals surface area contributed by atoms with Gasteiger partial charge >= 0.3 is 0 Å². The van der Waals surface area contributed by atoms with Crippen LogP contribution >= 0.6 is 0 Å². The average Bonchev–Trinajstić information content (AvgIpc) is 2.66. The predicted octanol–water partition coefficient (Wildman–Crippen LogP) is 3.98. The van der Waals surface area contributed by atoms with Gasteiger partial charge < -0.3 is 9.80 Å². The number of hydrogen-bond donors (Lipinski definition) is 0. The topological polar surface area (TPSA) is 23.6 Å². The molecule has 0 aliphatic heterocycles. The quantitative estimate of drug-likeness (QED) is 0.766. The second kappa shape index (κ2) is 8.61. The van der Waals surface area contributed by atoms with Crippen molar-refractivity contribution in [1.82, 2.24) is 9.80 Å². The van der Waals surface area contributed by atoms with E-state index in [-0.39, 0.29) is 18.4 Å². The first-order valence-corrected chi connectivity index (χ1v) is 9.41. The molecule has 0 aromatic heterocycles. The van der Waals surface area contributed by atoms with Gasteiger partial charge in [-0.2, -0.15) is 0 Å². The van der Waals surface area contributed by atoms with Gasteiger partial charge in [-0.25, -0.2) is 8.78 Å². The van der Waals surface area contributed by atoms with E-state index in [0.717, 1.165) is 30.9 Å². The van der Waals surface area contributed by atoms with Gasteiger partial charge in [0.15, 0.2) is 11.6 Å². The molecule has 0 radical (unpaired) electrons. The Morgan fingerprint density at radius 2 is 1.85 bits per heavy atom. The third-order valence-corrected chi connectivity index (χ3v) is 5.15. The molecule has 0 fully saturated rings. The van der Waals surface area contributed by atoms with E-state index >= 15 is 0 Å². The Morgan fingerprint density at radius 3 is 2.59 bits per heavy atom. The van der Waals surface area contributed by atoms with Gasteiger partial charge in [-0.15, -0.1) is 0 Å². The Hall–Kier alpha value is -2.27. The highest BCUT2D eigenvalue weighted by Crippen LogP contribution is 2.33. The van der Waals surface area contributed by atoms with E-state index in [4.69, 9.17) is 0 Å². The lowest BCUT2D eigenvalue weighted by Crippen LogP contribution is -2.40. The van der Waals surface area contributed by atoms with E-state index in [1.54, 1.807) is 11.0 Å². The van der Waals surface area contributed by atoms with Crippen molar-refractivity contribution in [1.29, 1.82) is 0 Å². The Labute approximate surface area is 159 Å². The summed E-state index contributed by atoms with van der Waals surface area (Å²) in [6, 6.07) is 12.0. The maximum Gasteiger partial charge on any atom is 0.230 e. The molecule has 1 aliphatic rings. The van der Waals surface area contributed by atoms with Crippen LogP contribution < -0.4 is 0 Å². The molecule has 2 aromatic carbocycles. The molecular formula is C22H26F2N2O. The fourth-order valence-electron chi connectivity index (χ4n) is 3.68. The number of carbonyl (C=O) groups excluding carboxylic acids is 1. The number of fused-ring (bicyclic) bond motifs is 1. The number of hydrogen-bond acceptors (Lipinski definition) is 2. The summed E-state index contributed by atoms with van der Waals surface area (Å²) in [5.41, 5.74) is 2.95. The average molecular weight is 372 g/mol. The zero-order valence-electron chi connectivity index (χ0n) is 15.9. The highest BCUT2D eigenvalue weighted by atomic mass is 19.2. The van der Waals surface area contributed by atoms with E-state index in [1.807, 2.05) is 37.2 Å². The number of halogens is 2. The van der Waals surface area contributed by atoms with Gasteiger partial charge in [0.2, 0.25) is 5.91 Å². The van der Waals surface area contributed by atoms with Crippen molar-refractivity contribution in [2.45, 2.75) is 31.7 Å². The maximum atomic E-state index is 13.6. The monoisotopic (exact) mass is 372 g/mol. The normalized spacial score (nSPS) is 16.3. The van der Waals surface area contributed by atoms with E-state index in [2.05, 4.69) is 6.07 Å². The number of benzene rings is 2. The number of rotatable bonds is 6. The van der Waals surface area contributed by atoms with Crippen LogP contribution in [-0.2, 0) is 17.8 Å². The molecule has 3 nitrogen and oxygen atoms in total. The molecule has 2 aromatic rings. The molecule has 1 aliphatic carbocycles. The van der Waals surface area contributed by atoms with Crippen LogP contribution in [0.2, 0.25) is 0 Å². The van der Waals surface area contributed by atoms with Gasteiger partial charge in [0.25, 0.3) is 0 Å². The van der Waals surface area contributed by atoms with Crippen LogP contribution in [0.25, 0.3) is 0 Å². The first-order chi connectivity index (χ1) is 13.0. The standard InChI is InChI=1S/C22H26F2N2O/c1-25(2)12-13-26(15-16-10-11-20(23)21(24)14-16)22(27)19-9-5-7-17-6-3-4-8-18(17)19/h3-4,6,8,10-11,14,19H,5,7,9,12-13,15H2,1-2H3/t19-/m1/s1. The SMILES string of the molecule is CN(C)CCN(Cc1ccc(F)c(F)c1)C(=O)[C@@H]1CCCc2ccccc21. The Morgan fingerprint density at radius 1 is 1.07 bits per heavy atom. The Kier molecular flexibility index (Phi) is 6.22. The second-order valence-corrected chi connectivity index (χ2v) is 7.46. The third-order valence-electron chi connectivity index (χ3n) is 5.15. The summed E-state index contributed by atoms with van der Waals surface area (Å²) < 4.78 is 26.9. The molecule has 1 atom stereocenters. The van der Waals surface area contributed by atoms with Crippen molar-refractivity contribution in [3.8, 4) is 0 Å². The smallest absolute Gasteiger partial charge is 0.230 e. The van der Waals surface area contributed by atoms with Crippen molar-refractivity contribution < 1.29 is 13.6 Å². The minimum Gasteiger partial charge on any atom is -0.337 e. The zero-order chi connectivity index (χ0) is 19.4. The molecule has 0 saturated carbocycles. The lowest BCUT2D eigenvalue weighted by Gasteiger charge is -2.31. The van der Waals surface area contributed by atoms with E-state index in [0.29, 0.717) is 18.7 Å². The largest absolute Gasteiger partial charge is 0.337 e. The van der Waals surface area contributed by atoms with Gasteiger partial charge in [0.05, 0.1) is 5.92 Å². The molecule has 0 heterocycles. The van der Waals surface area contributed by atoms with Gasteiger partial charge in [-0.3, -0.25) is 4.79 Å².